The zero-order valence-electron chi connectivity index (χ0n) is 18.1. The average molecular weight is 397 g/mol. The van der Waals surface area contributed by atoms with Gasteiger partial charge in [-0.2, -0.15) is 5.43 Å². The van der Waals surface area contributed by atoms with E-state index in [-0.39, 0.29) is 0 Å². The summed E-state index contributed by atoms with van der Waals surface area (Å²) in [6, 6.07) is 24.9. The van der Waals surface area contributed by atoms with Crippen molar-refractivity contribution in [1.29, 1.82) is 0 Å². The smallest absolute Gasteiger partial charge is 0.235 e. The third kappa shape index (κ3) is 5.71. The summed E-state index contributed by atoms with van der Waals surface area (Å²) in [6.45, 7) is 15.3. The monoisotopic (exact) mass is 396 g/mol. The molecular weight excluding hydrogens is 366 g/mol. The van der Waals surface area contributed by atoms with Crippen LogP contribution in [0.5, 0.6) is 0 Å². The molecule has 0 aliphatic rings. The number of nitrogens with one attached hydrogen (secondary N) is 2. The van der Waals surface area contributed by atoms with Gasteiger partial charge in [0.05, 0.1) is 5.69 Å². The molecule has 0 spiro atoms. The first-order valence-electron chi connectivity index (χ1n) is 10.1. The van der Waals surface area contributed by atoms with E-state index in [1.54, 1.807) is 4.68 Å². The predicted molar refractivity (Wildman–Crippen MR) is 129 cm³/mol. The molecule has 0 saturated heterocycles. The molecule has 0 radical (unpaired) electrons. The average Bonchev–Trinajstić information content (AvgIpc) is 2.73. The normalized spacial score (nSPS) is 11.1. The van der Waals surface area contributed by atoms with Crippen molar-refractivity contribution in [3.8, 4) is 0 Å². The van der Waals surface area contributed by atoms with Crippen LogP contribution in [0.15, 0.2) is 91.1 Å². The minimum Gasteiger partial charge on any atom is -0.384 e. The number of hydrazine groups is 1. The number of hydrogen-bond acceptors (Lipinski definition) is 2. The Balaban J connectivity index is 1.62. The fourth-order valence-electron chi connectivity index (χ4n) is 3.33. The third-order valence-corrected chi connectivity index (χ3v) is 4.96. The molecule has 30 heavy (non-hydrogen) atoms. The van der Waals surface area contributed by atoms with Gasteiger partial charge in [0.25, 0.3) is 0 Å². The van der Waals surface area contributed by atoms with Gasteiger partial charge in [-0.25, -0.2) is 0 Å². The molecular formula is C27H30N3+. The molecule has 0 heterocycles. The summed E-state index contributed by atoms with van der Waals surface area (Å²) in [5.74, 6) is 0. The molecule has 0 atom stereocenters. The molecule has 0 fully saturated rings. The van der Waals surface area contributed by atoms with Crippen LogP contribution < -0.4 is 10.7 Å². The largest absolute Gasteiger partial charge is 0.384 e. The van der Waals surface area contributed by atoms with E-state index in [1.807, 2.05) is 30.3 Å². The van der Waals surface area contributed by atoms with Gasteiger partial charge in [-0.1, -0.05) is 59.8 Å². The molecule has 0 aliphatic carbocycles. The van der Waals surface area contributed by atoms with Gasteiger partial charge in [-0.3, -0.25) is 0 Å². The van der Waals surface area contributed by atoms with E-state index in [1.165, 1.54) is 22.3 Å². The number of nitrogens with zero attached hydrogens (tertiary/aromatic N) is 1. The summed E-state index contributed by atoms with van der Waals surface area (Å²) < 4.78 is 1.79. The van der Waals surface area contributed by atoms with Gasteiger partial charge >= 0.3 is 0 Å². The maximum absolute atomic E-state index is 4.22. The van der Waals surface area contributed by atoms with E-state index < -0.39 is 0 Å². The number of anilines is 1. The van der Waals surface area contributed by atoms with E-state index in [0.29, 0.717) is 0 Å². The summed E-state index contributed by atoms with van der Waals surface area (Å²) in [5.41, 5.74) is 12.3. The molecule has 3 nitrogen and oxygen atoms in total. The first-order chi connectivity index (χ1) is 14.4. The highest BCUT2D eigenvalue weighted by atomic mass is 15.4. The predicted octanol–water partition coefficient (Wildman–Crippen LogP) is 6.38. The molecule has 2 N–H and O–H groups in total. The molecule has 0 bridgehead atoms. The number of rotatable bonds is 8. The van der Waals surface area contributed by atoms with Crippen LogP contribution in [0.4, 0.5) is 11.4 Å². The lowest BCUT2D eigenvalue weighted by atomic mass is 10.0. The standard InChI is InChI=1S/C27H30N3/c1-20-10-8-14-26(16-20)30(5)29-25-13-9-12-24(18-25)19-28-23(4)17-22(3)27-15-7-6-11-21(27)2/h6-18,28-29H,3,5,19H2,1-2,4H3/q+1/b23-17+. The Morgan fingerprint density at radius 1 is 0.967 bits per heavy atom. The van der Waals surface area contributed by atoms with Gasteiger partial charge in [-0.15, -0.1) is 0 Å². The Morgan fingerprint density at radius 3 is 2.50 bits per heavy atom. The Bertz CT molecular complexity index is 1090. The van der Waals surface area contributed by atoms with Crippen molar-refractivity contribution in [2.24, 2.45) is 0 Å². The van der Waals surface area contributed by atoms with Crippen LogP contribution in [-0.4, -0.2) is 11.4 Å². The number of aryl methyl sites for hydroxylation is 2. The van der Waals surface area contributed by atoms with Crippen molar-refractivity contribution < 1.29 is 4.68 Å². The Kier molecular flexibility index (Phi) is 6.87. The molecule has 152 valence electrons. The van der Waals surface area contributed by atoms with Crippen LogP contribution in [0.3, 0.4) is 0 Å². The van der Waals surface area contributed by atoms with Crippen LogP contribution in [0.25, 0.3) is 5.57 Å². The van der Waals surface area contributed by atoms with Gasteiger partial charge in [0.15, 0.2) is 6.72 Å². The van der Waals surface area contributed by atoms with Crippen molar-refractivity contribution in [2.45, 2.75) is 27.3 Å². The van der Waals surface area contributed by atoms with E-state index >= 15 is 0 Å². The zero-order chi connectivity index (χ0) is 21.5. The maximum Gasteiger partial charge on any atom is 0.235 e. The number of hydrogen-bond donors (Lipinski definition) is 2. The van der Waals surface area contributed by atoms with Crippen LogP contribution in [0, 0.1) is 13.8 Å². The van der Waals surface area contributed by atoms with Gasteiger partial charge in [0.2, 0.25) is 5.69 Å². The van der Waals surface area contributed by atoms with E-state index in [9.17, 15) is 0 Å². The number of allylic oxidation sites excluding steroid dienone is 3. The second-order valence-electron chi connectivity index (χ2n) is 7.60. The minimum absolute atomic E-state index is 0.737. The van der Waals surface area contributed by atoms with E-state index in [2.05, 4.69) is 93.4 Å². The van der Waals surface area contributed by atoms with Crippen molar-refractivity contribution in [3.63, 3.8) is 0 Å². The van der Waals surface area contributed by atoms with Crippen LogP contribution in [0.1, 0.15) is 29.2 Å². The fraction of sp³-hybridized carbons (Fsp3) is 0.148. The summed E-state index contributed by atoms with van der Waals surface area (Å²) in [7, 11) is 0. The highest BCUT2D eigenvalue weighted by Crippen LogP contribution is 2.19. The van der Waals surface area contributed by atoms with Crippen LogP contribution >= 0.6 is 0 Å². The van der Waals surface area contributed by atoms with Crippen molar-refractivity contribution in [2.75, 3.05) is 5.43 Å². The molecule has 0 aromatic heterocycles. The summed E-state index contributed by atoms with van der Waals surface area (Å²) >= 11 is 0. The minimum atomic E-state index is 0.737. The molecule has 0 aliphatic heterocycles. The molecule has 3 heteroatoms. The van der Waals surface area contributed by atoms with E-state index in [4.69, 9.17) is 0 Å². The van der Waals surface area contributed by atoms with Crippen LogP contribution in [0.2, 0.25) is 0 Å². The summed E-state index contributed by atoms with van der Waals surface area (Å²) in [5, 5.41) is 3.48. The topological polar surface area (TPSA) is 27.1 Å². The highest BCUT2D eigenvalue weighted by Gasteiger charge is 2.07. The second-order valence-corrected chi connectivity index (χ2v) is 7.60. The highest BCUT2D eigenvalue weighted by molar-refractivity contribution is 5.74. The maximum atomic E-state index is 4.22. The fourth-order valence-corrected chi connectivity index (χ4v) is 3.33. The molecule has 3 rings (SSSR count). The third-order valence-electron chi connectivity index (χ3n) is 4.96. The first-order valence-corrected chi connectivity index (χ1v) is 10.1. The Labute approximate surface area is 180 Å². The van der Waals surface area contributed by atoms with Gasteiger partial charge in [-0.05, 0) is 66.8 Å². The lowest BCUT2D eigenvalue weighted by molar-refractivity contribution is -0.394. The van der Waals surface area contributed by atoms with Gasteiger partial charge in [0.1, 0.15) is 0 Å². The van der Waals surface area contributed by atoms with Crippen LogP contribution in [-0.2, 0) is 6.54 Å². The molecule has 0 saturated carbocycles. The van der Waals surface area contributed by atoms with Gasteiger partial charge in [0, 0.05) is 24.4 Å². The van der Waals surface area contributed by atoms with Crippen molar-refractivity contribution in [1.82, 2.24) is 5.32 Å². The number of hydrazone groups is 1. The first kappa shape index (κ1) is 21.1. The second kappa shape index (κ2) is 9.75. The zero-order valence-corrected chi connectivity index (χ0v) is 18.1. The molecule has 0 amide bonds. The van der Waals surface area contributed by atoms with Gasteiger partial charge < -0.3 is 5.32 Å². The SMILES string of the molecule is C=C(/C=C(\C)NCc1cccc(N[N+](=C)c2cccc(C)c2)c1)c1ccccc1C. The quantitative estimate of drug-likeness (QED) is 0.200. The van der Waals surface area contributed by atoms with Crippen molar-refractivity contribution >= 4 is 23.7 Å². The molecule has 0 unspecified atom stereocenters. The molecule has 3 aromatic carbocycles. The molecule has 3 aromatic rings. The Hall–Kier alpha value is -3.59. The number of benzene rings is 3. The Morgan fingerprint density at radius 2 is 1.73 bits per heavy atom. The lowest BCUT2D eigenvalue weighted by Gasteiger charge is -2.11. The summed E-state index contributed by atoms with van der Waals surface area (Å²) in [4.78, 5) is 0. The lowest BCUT2D eigenvalue weighted by Crippen LogP contribution is -2.13. The van der Waals surface area contributed by atoms with Crippen molar-refractivity contribution in [3.05, 3.63) is 113 Å². The van der Waals surface area contributed by atoms with E-state index in [0.717, 1.165) is 29.2 Å². The summed E-state index contributed by atoms with van der Waals surface area (Å²) in [6.07, 6.45) is 2.10.